The molecule has 0 bridgehead atoms. The fraction of sp³-hybridized carbons (Fsp3) is 0.333. The lowest BCUT2D eigenvalue weighted by atomic mass is 9.76. The molecular weight excluding hydrogens is 381 g/mol. The largest absolute Gasteiger partial charge is 0.497 e. The smallest absolute Gasteiger partial charge is 0.227 e. The zero-order valence-corrected chi connectivity index (χ0v) is 16.8. The second-order valence-corrected chi connectivity index (χ2v) is 8.16. The minimum absolute atomic E-state index is 0.0313. The molecule has 0 radical (unpaired) electrons. The molecule has 0 saturated heterocycles. The molecule has 5 rings (SSSR count). The third kappa shape index (κ3) is 3.16. The molecule has 1 N–H and O–H groups in total. The number of rotatable bonds is 4. The Kier molecular flexibility index (Phi) is 4.77. The molecule has 0 spiro atoms. The maximum absolute atomic E-state index is 14.7. The van der Waals surface area contributed by atoms with Crippen LogP contribution in [0.25, 0.3) is 11.3 Å². The third-order valence-corrected chi connectivity index (χ3v) is 6.52. The van der Waals surface area contributed by atoms with Gasteiger partial charge in [-0.2, -0.15) is 0 Å². The van der Waals surface area contributed by atoms with Gasteiger partial charge in [-0.05, 0) is 49.8 Å². The van der Waals surface area contributed by atoms with Crippen LogP contribution in [-0.4, -0.2) is 22.6 Å². The van der Waals surface area contributed by atoms with Gasteiger partial charge in [0.05, 0.1) is 31.4 Å². The first-order valence-electron chi connectivity index (χ1n) is 10.4. The van der Waals surface area contributed by atoms with E-state index >= 15 is 0 Å². The van der Waals surface area contributed by atoms with Crippen LogP contribution >= 0.6 is 0 Å². The van der Waals surface area contributed by atoms with E-state index in [1.165, 1.54) is 0 Å². The van der Waals surface area contributed by atoms with E-state index in [-0.39, 0.29) is 29.6 Å². The molecule has 3 aromatic rings. The fourth-order valence-electron chi connectivity index (χ4n) is 5.04. The minimum Gasteiger partial charge on any atom is -0.497 e. The number of anilines is 1. The van der Waals surface area contributed by atoms with Gasteiger partial charge in [-0.3, -0.25) is 4.79 Å². The molecule has 5 nitrogen and oxygen atoms in total. The van der Waals surface area contributed by atoms with E-state index in [2.05, 4.69) is 14.9 Å². The highest BCUT2D eigenvalue weighted by Gasteiger charge is 2.39. The topological polar surface area (TPSA) is 56.1 Å². The van der Waals surface area contributed by atoms with E-state index < -0.39 is 0 Å². The molecule has 1 amide bonds. The second kappa shape index (κ2) is 7.59. The Morgan fingerprint density at radius 3 is 2.77 bits per heavy atom. The summed E-state index contributed by atoms with van der Waals surface area (Å²) in [7, 11) is 1.61. The molecular formula is C24H24FN3O2. The minimum atomic E-state index is -0.154. The summed E-state index contributed by atoms with van der Waals surface area (Å²) in [6, 6.07) is 12.6. The Morgan fingerprint density at radius 2 is 1.97 bits per heavy atom. The first kappa shape index (κ1) is 18.9. The number of imidazole rings is 1. The first-order valence-corrected chi connectivity index (χ1v) is 10.4. The van der Waals surface area contributed by atoms with Gasteiger partial charge >= 0.3 is 0 Å². The number of fused-ring (bicyclic) bond motifs is 3. The third-order valence-electron chi connectivity index (χ3n) is 6.52. The summed E-state index contributed by atoms with van der Waals surface area (Å²) in [6.07, 6.45) is 6.97. The molecule has 1 atom stereocenters. The lowest BCUT2D eigenvalue weighted by Gasteiger charge is -2.33. The average molecular weight is 405 g/mol. The van der Waals surface area contributed by atoms with Gasteiger partial charge in [0, 0.05) is 28.8 Å². The van der Waals surface area contributed by atoms with Crippen molar-refractivity contribution in [1.29, 1.82) is 0 Å². The number of hydrogen-bond acceptors (Lipinski definition) is 3. The van der Waals surface area contributed by atoms with Gasteiger partial charge in [-0.15, -0.1) is 0 Å². The number of nitrogens with one attached hydrogen (secondary N) is 1. The lowest BCUT2D eigenvalue weighted by Crippen LogP contribution is -2.30. The Bertz CT molecular complexity index is 1090. The van der Waals surface area contributed by atoms with Gasteiger partial charge in [0.25, 0.3) is 0 Å². The summed E-state index contributed by atoms with van der Waals surface area (Å²) >= 11 is 0. The van der Waals surface area contributed by atoms with Crippen LogP contribution in [0.1, 0.15) is 37.3 Å². The number of aromatic nitrogens is 2. The van der Waals surface area contributed by atoms with Crippen LogP contribution in [0.15, 0.2) is 55.0 Å². The standard InChI is InChI=1S/C24H24FN3O2/c1-30-18-5-2-4-17(12-18)27-24(29)16-10-8-15(9-11-16)23-22-19(6-3-7-20(22)25)21-13-26-14-28(21)23/h2-7,12-16,23H,8-11H2,1H3,(H,27,29)/t15-,16-,23?. The van der Waals surface area contributed by atoms with Gasteiger partial charge in [-0.1, -0.05) is 18.2 Å². The van der Waals surface area contributed by atoms with Crippen LogP contribution in [0, 0.1) is 17.7 Å². The molecule has 2 aromatic carbocycles. The monoisotopic (exact) mass is 405 g/mol. The Morgan fingerprint density at radius 1 is 1.17 bits per heavy atom. The van der Waals surface area contributed by atoms with E-state index in [1.807, 2.05) is 36.5 Å². The summed E-state index contributed by atoms with van der Waals surface area (Å²) in [5, 5.41) is 3.01. The van der Waals surface area contributed by atoms with E-state index in [1.54, 1.807) is 25.6 Å². The molecule has 2 aliphatic rings. The highest BCUT2D eigenvalue weighted by Crippen LogP contribution is 2.48. The van der Waals surface area contributed by atoms with E-state index in [0.29, 0.717) is 0 Å². The van der Waals surface area contributed by atoms with Crippen LogP contribution in [-0.2, 0) is 4.79 Å². The maximum Gasteiger partial charge on any atom is 0.227 e. The molecule has 1 saturated carbocycles. The van der Waals surface area contributed by atoms with Crippen molar-refractivity contribution in [3.05, 3.63) is 66.4 Å². The molecule has 1 fully saturated rings. The Hall–Kier alpha value is -3.15. The van der Waals surface area contributed by atoms with E-state index in [9.17, 15) is 9.18 Å². The summed E-state index contributed by atoms with van der Waals surface area (Å²) in [6.45, 7) is 0. The van der Waals surface area contributed by atoms with Crippen molar-refractivity contribution >= 4 is 11.6 Å². The molecule has 6 heteroatoms. The summed E-state index contributed by atoms with van der Waals surface area (Å²) < 4.78 is 22.1. The fourth-order valence-corrected chi connectivity index (χ4v) is 5.04. The van der Waals surface area contributed by atoms with Gasteiger partial charge in [-0.25, -0.2) is 9.37 Å². The van der Waals surface area contributed by atoms with Crippen molar-refractivity contribution in [2.45, 2.75) is 31.7 Å². The highest BCUT2D eigenvalue weighted by atomic mass is 19.1. The van der Waals surface area contributed by atoms with Gasteiger partial charge in [0.2, 0.25) is 5.91 Å². The number of halogens is 1. The van der Waals surface area contributed by atoms with Gasteiger partial charge < -0.3 is 14.6 Å². The van der Waals surface area contributed by atoms with Crippen molar-refractivity contribution < 1.29 is 13.9 Å². The van der Waals surface area contributed by atoms with E-state index in [4.69, 9.17) is 4.74 Å². The predicted octanol–water partition coefficient (Wildman–Crippen LogP) is 5.05. The number of carbonyl (C=O) groups is 1. The average Bonchev–Trinajstić information content (AvgIpc) is 3.36. The summed E-state index contributed by atoms with van der Waals surface area (Å²) in [4.78, 5) is 17.1. The van der Waals surface area contributed by atoms with Crippen molar-refractivity contribution in [2.24, 2.45) is 11.8 Å². The second-order valence-electron chi connectivity index (χ2n) is 8.16. The molecule has 1 unspecified atom stereocenters. The molecule has 154 valence electrons. The van der Waals surface area contributed by atoms with Gasteiger partial charge in [0.1, 0.15) is 11.6 Å². The van der Waals surface area contributed by atoms with Crippen molar-refractivity contribution in [3.8, 4) is 17.0 Å². The molecule has 2 heterocycles. The van der Waals surface area contributed by atoms with Crippen LogP contribution in [0.4, 0.5) is 10.1 Å². The zero-order chi connectivity index (χ0) is 20.7. The highest BCUT2D eigenvalue weighted by molar-refractivity contribution is 5.92. The maximum atomic E-state index is 14.7. The Balaban J connectivity index is 1.29. The molecule has 1 aliphatic heterocycles. The summed E-state index contributed by atoms with van der Waals surface area (Å²) in [5.74, 6) is 0.866. The molecule has 30 heavy (non-hydrogen) atoms. The van der Waals surface area contributed by atoms with Crippen LogP contribution in [0.2, 0.25) is 0 Å². The number of ether oxygens (including phenoxy) is 1. The molecule has 1 aliphatic carbocycles. The lowest BCUT2D eigenvalue weighted by molar-refractivity contribution is -0.121. The zero-order valence-electron chi connectivity index (χ0n) is 16.8. The molecule has 1 aromatic heterocycles. The van der Waals surface area contributed by atoms with Crippen molar-refractivity contribution in [2.75, 3.05) is 12.4 Å². The predicted molar refractivity (Wildman–Crippen MR) is 113 cm³/mol. The normalized spacial score (nSPS) is 22.3. The number of carbonyl (C=O) groups excluding carboxylic acids is 1. The number of methoxy groups -OCH3 is 1. The number of nitrogens with zero attached hydrogens (tertiary/aromatic N) is 2. The SMILES string of the molecule is COc1cccc(NC(=O)[C@H]2CC[C@H](C3c4c(F)cccc4-c4cncn43)CC2)c1. The first-order chi connectivity index (χ1) is 14.7. The van der Waals surface area contributed by atoms with Crippen LogP contribution in [0.3, 0.4) is 0 Å². The van der Waals surface area contributed by atoms with Gasteiger partial charge in [0.15, 0.2) is 0 Å². The number of benzene rings is 2. The van der Waals surface area contributed by atoms with E-state index in [0.717, 1.165) is 53.9 Å². The van der Waals surface area contributed by atoms with Crippen LogP contribution in [0.5, 0.6) is 5.75 Å². The number of hydrogen-bond donors (Lipinski definition) is 1. The summed E-state index contributed by atoms with van der Waals surface area (Å²) in [5.41, 5.74) is 3.44. The van der Waals surface area contributed by atoms with Crippen LogP contribution < -0.4 is 10.1 Å². The quantitative estimate of drug-likeness (QED) is 0.661. The Labute approximate surface area is 174 Å². The van der Waals surface area contributed by atoms with Crippen molar-refractivity contribution in [3.63, 3.8) is 0 Å². The van der Waals surface area contributed by atoms with Crippen molar-refractivity contribution in [1.82, 2.24) is 9.55 Å². The number of amides is 1.